The second kappa shape index (κ2) is 8.38. The average molecular weight is 444 g/mol. The van der Waals surface area contributed by atoms with Gasteiger partial charge >= 0.3 is 0 Å². The lowest BCUT2D eigenvalue weighted by Gasteiger charge is -2.17. The van der Waals surface area contributed by atoms with Gasteiger partial charge in [0, 0.05) is 16.8 Å². The van der Waals surface area contributed by atoms with Crippen LogP contribution in [0.4, 0.5) is 17.1 Å². The normalized spacial score (nSPS) is 11.2. The van der Waals surface area contributed by atoms with Crippen LogP contribution in [0.15, 0.2) is 60.7 Å². The minimum Gasteiger partial charge on any atom is -0.494 e. The van der Waals surface area contributed by atoms with Crippen molar-refractivity contribution in [2.24, 2.45) is 0 Å². The van der Waals surface area contributed by atoms with Crippen LogP contribution >= 0.6 is 12.4 Å². The number of anilines is 3. The van der Waals surface area contributed by atoms with Crippen molar-refractivity contribution in [3.05, 3.63) is 66.2 Å². The molecule has 0 radical (unpaired) electrons. The number of hydrogen-bond donors (Lipinski definition) is 2. The number of rotatable bonds is 5. The molecule has 0 saturated carbocycles. The summed E-state index contributed by atoms with van der Waals surface area (Å²) in [5.41, 5.74) is 5.01. The van der Waals surface area contributed by atoms with Crippen LogP contribution in [-0.2, 0) is 10.0 Å². The third kappa shape index (κ3) is 4.27. The number of ether oxygens (including phenoxy) is 1. The Labute approximate surface area is 181 Å². The van der Waals surface area contributed by atoms with E-state index < -0.39 is 10.0 Å². The zero-order valence-electron chi connectivity index (χ0n) is 16.8. The van der Waals surface area contributed by atoms with Crippen LogP contribution in [0.5, 0.6) is 5.75 Å². The quantitative estimate of drug-likeness (QED) is 0.412. The molecule has 0 aliphatic heterocycles. The van der Waals surface area contributed by atoms with Gasteiger partial charge in [0.2, 0.25) is 10.0 Å². The molecule has 0 saturated heterocycles. The van der Waals surface area contributed by atoms with Crippen LogP contribution in [0.3, 0.4) is 0 Å². The molecule has 0 spiro atoms. The first-order valence-electron chi connectivity index (χ1n) is 9.06. The van der Waals surface area contributed by atoms with E-state index in [0.717, 1.165) is 45.0 Å². The molecule has 0 unspecified atom stereocenters. The first kappa shape index (κ1) is 21.7. The van der Waals surface area contributed by atoms with Crippen LogP contribution in [0.1, 0.15) is 5.56 Å². The van der Waals surface area contributed by atoms with Crippen molar-refractivity contribution in [3.63, 3.8) is 0 Å². The lowest BCUT2D eigenvalue weighted by Crippen LogP contribution is -2.09. The highest BCUT2D eigenvalue weighted by Crippen LogP contribution is 2.38. The summed E-state index contributed by atoms with van der Waals surface area (Å²) in [7, 11) is -1.82. The summed E-state index contributed by atoms with van der Waals surface area (Å²) in [4.78, 5) is 4.79. The van der Waals surface area contributed by atoms with Gasteiger partial charge in [-0.05, 0) is 36.8 Å². The molecule has 8 heteroatoms. The van der Waals surface area contributed by atoms with E-state index in [1.807, 2.05) is 36.4 Å². The SMILES string of the molecule is COc1cc(NS(C)(=O)=O)ccc1Nc1c2ccccc2nc2cccc(C)c12.Cl. The molecule has 1 aromatic heterocycles. The first-order valence-corrected chi connectivity index (χ1v) is 11.0. The number of hydrogen-bond acceptors (Lipinski definition) is 5. The summed E-state index contributed by atoms with van der Waals surface area (Å²) in [5, 5.41) is 5.53. The van der Waals surface area contributed by atoms with Gasteiger partial charge in [-0.2, -0.15) is 0 Å². The number of fused-ring (bicyclic) bond motifs is 2. The van der Waals surface area contributed by atoms with Gasteiger partial charge in [-0.3, -0.25) is 4.72 Å². The summed E-state index contributed by atoms with van der Waals surface area (Å²) in [6.07, 6.45) is 1.11. The maximum atomic E-state index is 11.5. The van der Waals surface area contributed by atoms with E-state index in [1.165, 1.54) is 0 Å². The average Bonchev–Trinajstić information content (AvgIpc) is 2.67. The second-order valence-corrected chi connectivity index (χ2v) is 8.64. The number of aryl methyl sites for hydroxylation is 1. The lowest BCUT2D eigenvalue weighted by molar-refractivity contribution is 0.417. The number of pyridine rings is 1. The van der Waals surface area contributed by atoms with Crippen LogP contribution < -0.4 is 14.8 Å². The first-order chi connectivity index (χ1) is 13.9. The fourth-order valence-electron chi connectivity index (χ4n) is 3.45. The molecular weight excluding hydrogens is 422 g/mol. The number of aromatic nitrogens is 1. The Hall–Kier alpha value is -3.03. The van der Waals surface area contributed by atoms with Gasteiger partial charge in [0.1, 0.15) is 5.75 Å². The van der Waals surface area contributed by atoms with Gasteiger partial charge in [-0.15, -0.1) is 12.4 Å². The molecule has 0 aliphatic carbocycles. The van der Waals surface area contributed by atoms with E-state index in [0.29, 0.717) is 11.4 Å². The Morgan fingerprint density at radius 2 is 1.70 bits per heavy atom. The maximum absolute atomic E-state index is 11.5. The molecule has 0 atom stereocenters. The highest BCUT2D eigenvalue weighted by molar-refractivity contribution is 7.92. The predicted octanol–water partition coefficient (Wildman–Crippen LogP) is 5.24. The van der Waals surface area contributed by atoms with Crippen LogP contribution in [-0.4, -0.2) is 26.8 Å². The highest BCUT2D eigenvalue weighted by atomic mass is 35.5. The van der Waals surface area contributed by atoms with Crippen LogP contribution in [0.25, 0.3) is 21.8 Å². The molecule has 0 fully saturated rings. The summed E-state index contributed by atoms with van der Waals surface area (Å²) < 4.78 is 31.0. The highest BCUT2D eigenvalue weighted by Gasteiger charge is 2.14. The summed E-state index contributed by atoms with van der Waals surface area (Å²) in [6.45, 7) is 2.06. The van der Waals surface area contributed by atoms with Crippen molar-refractivity contribution in [2.75, 3.05) is 23.4 Å². The molecule has 30 heavy (non-hydrogen) atoms. The van der Waals surface area contributed by atoms with Crippen LogP contribution in [0.2, 0.25) is 0 Å². The van der Waals surface area contributed by atoms with Crippen molar-refractivity contribution in [2.45, 2.75) is 6.92 Å². The summed E-state index contributed by atoms with van der Waals surface area (Å²) >= 11 is 0. The fraction of sp³-hybridized carbons (Fsp3) is 0.136. The van der Waals surface area contributed by atoms with Gasteiger partial charge in [0.05, 0.1) is 41.5 Å². The fourth-order valence-corrected chi connectivity index (χ4v) is 4.01. The van der Waals surface area contributed by atoms with E-state index >= 15 is 0 Å². The summed E-state index contributed by atoms with van der Waals surface area (Å²) in [5.74, 6) is 0.529. The number of nitrogens with one attached hydrogen (secondary N) is 2. The predicted molar refractivity (Wildman–Crippen MR) is 126 cm³/mol. The van der Waals surface area contributed by atoms with Gasteiger partial charge in [-0.1, -0.05) is 30.3 Å². The molecule has 0 amide bonds. The monoisotopic (exact) mass is 443 g/mol. The largest absolute Gasteiger partial charge is 0.494 e. The zero-order chi connectivity index (χ0) is 20.6. The number of nitrogens with zero attached hydrogens (tertiary/aromatic N) is 1. The Bertz CT molecular complexity index is 1340. The molecule has 3 aromatic carbocycles. The number of sulfonamides is 1. The van der Waals surface area contributed by atoms with Gasteiger partial charge in [0.15, 0.2) is 0 Å². The van der Waals surface area contributed by atoms with Gasteiger partial charge in [-0.25, -0.2) is 13.4 Å². The number of para-hydroxylation sites is 1. The van der Waals surface area contributed by atoms with Crippen molar-refractivity contribution in [1.29, 1.82) is 0 Å². The lowest BCUT2D eigenvalue weighted by atomic mass is 10.0. The van der Waals surface area contributed by atoms with Gasteiger partial charge < -0.3 is 10.1 Å². The van der Waals surface area contributed by atoms with Gasteiger partial charge in [0.25, 0.3) is 0 Å². The van der Waals surface area contributed by atoms with E-state index in [9.17, 15) is 8.42 Å². The number of benzene rings is 3. The van der Waals surface area contributed by atoms with E-state index in [-0.39, 0.29) is 12.4 Å². The van der Waals surface area contributed by atoms with E-state index in [4.69, 9.17) is 9.72 Å². The summed E-state index contributed by atoms with van der Waals surface area (Å²) in [6, 6.07) is 19.2. The van der Waals surface area contributed by atoms with E-state index in [2.05, 4.69) is 23.0 Å². The molecule has 2 N–H and O–H groups in total. The molecule has 156 valence electrons. The smallest absolute Gasteiger partial charge is 0.229 e. The van der Waals surface area contributed by atoms with Crippen molar-refractivity contribution in [3.8, 4) is 5.75 Å². The zero-order valence-corrected chi connectivity index (χ0v) is 18.4. The third-order valence-electron chi connectivity index (χ3n) is 4.68. The van der Waals surface area contributed by atoms with Crippen molar-refractivity contribution >= 4 is 61.3 Å². The Balaban J connectivity index is 0.00000256. The number of halogens is 1. The third-order valence-corrected chi connectivity index (χ3v) is 5.29. The topological polar surface area (TPSA) is 80.3 Å². The van der Waals surface area contributed by atoms with Crippen molar-refractivity contribution in [1.82, 2.24) is 4.98 Å². The Morgan fingerprint density at radius 3 is 2.43 bits per heavy atom. The Kier molecular flexibility index (Phi) is 6.05. The number of methoxy groups -OCH3 is 1. The second-order valence-electron chi connectivity index (χ2n) is 6.89. The van der Waals surface area contributed by atoms with Crippen LogP contribution in [0, 0.1) is 6.92 Å². The molecule has 1 heterocycles. The Morgan fingerprint density at radius 1 is 0.967 bits per heavy atom. The van der Waals surface area contributed by atoms with E-state index in [1.54, 1.807) is 25.3 Å². The minimum atomic E-state index is -3.37. The molecule has 0 aliphatic rings. The minimum absolute atomic E-state index is 0. The molecule has 6 nitrogen and oxygen atoms in total. The molecule has 4 rings (SSSR count). The maximum Gasteiger partial charge on any atom is 0.229 e. The standard InChI is InChI=1S/C22H21N3O3S.ClH/c1-14-7-6-10-19-21(14)22(16-8-4-5-9-17(16)23-19)24-18-12-11-15(13-20(18)28-2)25-29(3,26)27;/h4-13,25H,1-3H3,(H,23,24);1H. The molecule has 0 bridgehead atoms. The molecular formula is C22H22ClN3O3S. The van der Waals surface area contributed by atoms with Crippen molar-refractivity contribution < 1.29 is 13.2 Å². The molecule has 4 aromatic rings.